The molecule has 0 aliphatic carbocycles. The second-order valence-corrected chi connectivity index (χ2v) is 4.80. The van der Waals surface area contributed by atoms with Gasteiger partial charge in [-0.25, -0.2) is 4.39 Å². The van der Waals surface area contributed by atoms with Gasteiger partial charge in [-0.3, -0.25) is 4.98 Å². The molecule has 0 saturated heterocycles. The summed E-state index contributed by atoms with van der Waals surface area (Å²) in [6.45, 7) is 0.353. The van der Waals surface area contributed by atoms with Gasteiger partial charge in [0.05, 0.1) is 5.52 Å². The quantitative estimate of drug-likeness (QED) is 0.789. The Hall–Kier alpha value is -2.26. The Labute approximate surface area is 117 Å². The van der Waals surface area contributed by atoms with Crippen LogP contribution in [0.2, 0.25) is 0 Å². The number of nitrogens with two attached hydrogens (primary N) is 1. The molecule has 2 nitrogen and oxygen atoms in total. The van der Waals surface area contributed by atoms with Crippen LogP contribution in [0.5, 0.6) is 0 Å². The first-order valence-corrected chi connectivity index (χ1v) is 6.58. The van der Waals surface area contributed by atoms with Crippen molar-refractivity contribution in [3.8, 4) is 0 Å². The molecule has 2 N–H and O–H groups in total. The van der Waals surface area contributed by atoms with Crippen molar-refractivity contribution in [1.82, 2.24) is 4.98 Å². The largest absolute Gasteiger partial charge is 0.326 e. The third-order valence-corrected chi connectivity index (χ3v) is 3.38. The predicted octanol–water partition coefficient (Wildman–Crippen LogP) is 3.42. The van der Waals surface area contributed by atoms with Crippen molar-refractivity contribution in [2.24, 2.45) is 5.73 Å². The van der Waals surface area contributed by atoms with Gasteiger partial charge < -0.3 is 5.73 Å². The van der Waals surface area contributed by atoms with E-state index < -0.39 is 0 Å². The van der Waals surface area contributed by atoms with Crippen molar-refractivity contribution in [2.45, 2.75) is 13.0 Å². The van der Waals surface area contributed by atoms with Crippen LogP contribution < -0.4 is 5.73 Å². The Balaban J connectivity index is 1.92. The molecule has 0 bridgehead atoms. The van der Waals surface area contributed by atoms with Gasteiger partial charge in [0.2, 0.25) is 0 Å². The lowest BCUT2D eigenvalue weighted by Gasteiger charge is -2.06. The lowest BCUT2D eigenvalue weighted by molar-refractivity contribution is 0.611. The SMILES string of the molecule is NCc1ccc(Cc2ccc3ccccc3n2)c(F)c1. The molecule has 1 heterocycles. The summed E-state index contributed by atoms with van der Waals surface area (Å²) in [6, 6.07) is 17.0. The van der Waals surface area contributed by atoms with Crippen LogP contribution in [0, 0.1) is 5.82 Å². The Morgan fingerprint density at radius 3 is 2.65 bits per heavy atom. The molecule has 0 atom stereocenters. The minimum absolute atomic E-state index is 0.220. The fourth-order valence-electron chi connectivity index (χ4n) is 2.26. The molecule has 0 unspecified atom stereocenters. The normalized spacial score (nSPS) is 10.9. The van der Waals surface area contributed by atoms with Crippen LogP contribution in [0.3, 0.4) is 0 Å². The average Bonchev–Trinajstić information content (AvgIpc) is 2.49. The van der Waals surface area contributed by atoms with Gasteiger partial charge in [-0.1, -0.05) is 36.4 Å². The topological polar surface area (TPSA) is 38.9 Å². The number of hydrogen-bond donors (Lipinski definition) is 1. The lowest BCUT2D eigenvalue weighted by atomic mass is 10.1. The first-order chi connectivity index (χ1) is 9.76. The lowest BCUT2D eigenvalue weighted by Crippen LogP contribution is -2.00. The standard InChI is InChI=1S/C17H15FN2/c18-16-9-12(11-19)5-6-14(16)10-15-8-7-13-3-1-2-4-17(13)20-15/h1-9H,10-11,19H2. The summed E-state index contributed by atoms with van der Waals surface area (Å²) < 4.78 is 14.0. The van der Waals surface area contributed by atoms with E-state index in [0.29, 0.717) is 18.5 Å². The predicted molar refractivity (Wildman–Crippen MR) is 78.8 cm³/mol. The summed E-state index contributed by atoms with van der Waals surface area (Å²) in [6.07, 6.45) is 0.488. The van der Waals surface area contributed by atoms with Gasteiger partial charge in [0.1, 0.15) is 5.82 Å². The number of pyridine rings is 1. The maximum absolute atomic E-state index is 14.0. The molecule has 0 saturated carbocycles. The van der Waals surface area contributed by atoms with Gasteiger partial charge in [-0.05, 0) is 29.3 Å². The Bertz CT molecular complexity index is 753. The molecule has 20 heavy (non-hydrogen) atoms. The van der Waals surface area contributed by atoms with E-state index in [4.69, 9.17) is 5.73 Å². The highest BCUT2D eigenvalue weighted by molar-refractivity contribution is 5.78. The van der Waals surface area contributed by atoms with Gasteiger partial charge >= 0.3 is 0 Å². The van der Waals surface area contributed by atoms with Crippen LogP contribution in [-0.4, -0.2) is 4.98 Å². The highest BCUT2D eigenvalue weighted by atomic mass is 19.1. The summed E-state index contributed by atoms with van der Waals surface area (Å²) in [7, 11) is 0. The summed E-state index contributed by atoms with van der Waals surface area (Å²) in [5.74, 6) is -0.220. The van der Waals surface area contributed by atoms with E-state index in [0.717, 1.165) is 22.2 Å². The van der Waals surface area contributed by atoms with Gasteiger partial charge in [0.25, 0.3) is 0 Å². The molecule has 3 aromatic rings. The van der Waals surface area contributed by atoms with Crippen LogP contribution >= 0.6 is 0 Å². The summed E-state index contributed by atoms with van der Waals surface area (Å²) in [5, 5.41) is 1.09. The molecule has 1 aromatic heterocycles. The zero-order valence-corrected chi connectivity index (χ0v) is 11.0. The van der Waals surface area contributed by atoms with E-state index in [2.05, 4.69) is 4.98 Å². The van der Waals surface area contributed by atoms with E-state index in [1.807, 2.05) is 42.5 Å². The van der Waals surface area contributed by atoms with E-state index in [-0.39, 0.29) is 5.82 Å². The smallest absolute Gasteiger partial charge is 0.127 e. The fourth-order valence-corrected chi connectivity index (χ4v) is 2.26. The molecule has 0 fully saturated rings. The Morgan fingerprint density at radius 1 is 1.00 bits per heavy atom. The van der Waals surface area contributed by atoms with Gasteiger partial charge in [0.15, 0.2) is 0 Å². The molecule has 3 heteroatoms. The van der Waals surface area contributed by atoms with E-state index in [9.17, 15) is 4.39 Å². The maximum atomic E-state index is 14.0. The van der Waals surface area contributed by atoms with Crippen molar-refractivity contribution < 1.29 is 4.39 Å². The number of hydrogen-bond acceptors (Lipinski definition) is 2. The number of aromatic nitrogens is 1. The van der Waals surface area contributed by atoms with Crippen molar-refractivity contribution >= 4 is 10.9 Å². The third kappa shape index (κ3) is 2.53. The number of para-hydroxylation sites is 1. The number of halogens is 1. The maximum Gasteiger partial charge on any atom is 0.127 e. The highest BCUT2D eigenvalue weighted by Crippen LogP contribution is 2.17. The van der Waals surface area contributed by atoms with Crippen molar-refractivity contribution in [3.63, 3.8) is 0 Å². The summed E-state index contributed by atoms with van der Waals surface area (Å²) >= 11 is 0. The molecular formula is C17H15FN2. The molecule has 0 radical (unpaired) electrons. The zero-order chi connectivity index (χ0) is 13.9. The molecule has 0 aliphatic rings. The van der Waals surface area contributed by atoms with Crippen molar-refractivity contribution in [3.05, 3.63) is 77.2 Å². The van der Waals surface area contributed by atoms with Gasteiger partial charge in [-0.2, -0.15) is 0 Å². The van der Waals surface area contributed by atoms with E-state index >= 15 is 0 Å². The second-order valence-electron chi connectivity index (χ2n) is 4.80. The van der Waals surface area contributed by atoms with Crippen LogP contribution in [0.1, 0.15) is 16.8 Å². The Morgan fingerprint density at radius 2 is 1.85 bits per heavy atom. The van der Waals surface area contributed by atoms with Crippen molar-refractivity contribution in [2.75, 3.05) is 0 Å². The van der Waals surface area contributed by atoms with Gasteiger partial charge in [0, 0.05) is 24.0 Å². The molecular weight excluding hydrogens is 251 g/mol. The number of nitrogens with zero attached hydrogens (tertiary/aromatic N) is 1. The van der Waals surface area contributed by atoms with Crippen LogP contribution in [0.15, 0.2) is 54.6 Å². The van der Waals surface area contributed by atoms with Crippen LogP contribution in [0.25, 0.3) is 10.9 Å². The van der Waals surface area contributed by atoms with Gasteiger partial charge in [-0.15, -0.1) is 0 Å². The fraction of sp³-hybridized carbons (Fsp3) is 0.118. The first-order valence-electron chi connectivity index (χ1n) is 6.58. The van der Waals surface area contributed by atoms with Crippen molar-refractivity contribution in [1.29, 1.82) is 0 Å². The van der Waals surface area contributed by atoms with E-state index in [1.54, 1.807) is 6.07 Å². The average molecular weight is 266 g/mol. The Kier molecular flexibility index (Phi) is 3.44. The monoisotopic (exact) mass is 266 g/mol. The molecule has 0 aliphatic heterocycles. The summed E-state index contributed by atoms with van der Waals surface area (Å²) in [4.78, 5) is 4.56. The molecule has 2 aromatic carbocycles. The molecule has 100 valence electrons. The number of rotatable bonds is 3. The molecule has 0 amide bonds. The van der Waals surface area contributed by atoms with Crippen LogP contribution in [-0.2, 0) is 13.0 Å². The minimum Gasteiger partial charge on any atom is -0.326 e. The molecule has 0 spiro atoms. The van der Waals surface area contributed by atoms with E-state index in [1.165, 1.54) is 6.07 Å². The number of benzene rings is 2. The highest BCUT2D eigenvalue weighted by Gasteiger charge is 2.06. The summed E-state index contributed by atoms with van der Waals surface area (Å²) in [5.41, 5.74) is 8.75. The zero-order valence-electron chi connectivity index (χ0n) is 11.0. The number of fused-ring (bicyclic) bond motifs is 1. The van der Waals surface area contributed by atoms with Crippen LogP contribution in [0.4, 0.5) is 4.39 Å². The minimum atomic E-state index is -0.220. The molecule has 3 rings (SSSR count). The second kappa shape index (κ2) is 5.39. The third-order valence-electron chi connectivity index (χ3n) is 3.38. The first kappa shape index (κ1) is 12.8.